The highest BCUT2D eigenvalue weighted by molar-refractivity contribution is 7.15. The molecule has 0 radical (unpaired) electrons. The van der Waals surface area contributed by atoms with Crippen LogP contribution >= 0.6 is 11.3 Å². The molecule has 2 aromatic rings. The van der Waals surface area contributed by atoms with Crippen molar-refractivity contribution in [3.05, 3.63) is 22.3 Å². The highest BCUT2D eigenvalue weighted by Crippen LogP contribution is 2.37. The molecule has 4 rings (SSSR count). The predicted octanol–water partition coefficient (Wildman–Crippen LogP) is 1.12. The van der Waals surface area contributed by atoms with Gasteiger partial charge in [0.1, 0.15) is 11.3 Å². The number of thiophene rings is 1. The molecule has 2 aliphatic rings. The minimum absolute atomic E-state index is 0.0413. The van der Waals surface area contributed by atoms with Crippen molar-refractivity contribution in [3.63, 3.8) is 0 Å². The first-order valence-electron chi connectivity index (χ1n) is 7.60. The van der Waals surface area contributed by atoms with Crippen LogP contribution in [0.3, 0.4) is 0 Å². The maximum Gasteiger partial charge on any atom is 0.254 e. The van der Waals surface area contributed by atoms with Crippen LogP contribution in [0.1, 0.15) is 40.1 Å². The van der Waals surface area contributed by atoms with Crippen molar-refractivity contribution in [2.75, 3.05) is 13.2 Å². The van der Waals surface area contributed by atoms with Gasteiger partial charge in [0.2, 0.25) is 0 Å². The molecule has 116 valence electrons. The Hall–Kier alpha value is -1.80. The number of carbonyl (C=O) groups is 1. The van der Waals surface area contributed by atoms with Gasteiger partial charge in [-0.25, -0.2) is 0 Å². The van der Waals surface area contributed by atoms with Crippen LogP contribution in [-0.4, -0.2) is 45.4 Å². The smallest absolute Gasteiger partial charge is 0.254 e. The summed E-state index contributed by atoms with van der Waals surface area (Å²) in [5, 5.41) is 15.1. The largest absolute Gasteiger partial charge is 0.376 e. The summed E-state index contributed by atoms with van der Waals surface area (Å²) in [6.45, 7) is 1.36. The van der Waals surface area contributed by atoms with Crippen LogP contribution < -0.4 is 5.32 Å². The molecule has 1 N–H and O–H groups in total. The molecule has 0 aromatic carbocycles. The number of amides is 1. The van der Waals surface area contributed by atoms with E-state index in [1.54, 1.807) is 16.0 Å². The monoisotopic (exact) mass is 319 g/mol. The Morgan fingerprint density at radius 2 is 2.41 bits per heavy atom. The third-order valence-electron chi connectivity index (χ3n) is 4.20. The van der Waals surface area contributed by atoms with Crippen molar-refractivity contribution in [1.29, 1.82) is 0 Å². The molecule has 1 fully saturated rings. The number of hydrogen-bond donors (Lipinski definition) is 1. The Balaban J connectivity index is 1.60. The number of aryl methyl sites for hydroxylation is 1. The van der Waals surface area contributed by atoms with Crippen LogP contribution in [0, 0.1) is 0 Å². The first-order valence-corrected chi connectivity index (χ1v) is 8.42. The van der Waals surface area contributed by atoms with Gasteiger partial charge in [0.05, 0.1) is 11.7 Å². The fourth-order valence-electron chi connectivity index (χ4n) is 3.14. The third-order valence-corrected chi connectivity index (χ3v) is 5.48. The predicted molar refractivity (Wildman–Crippen MR) is 80.4 cm³/mol. The van der Waals surface area contributed by atoms with E-state index in [-0.39, 0.29) is 12.0 Å². The van der Waals surface area contributed by atoms with Crippen molar-refractivity contribution in [1.82, 2.24) is 25.5 Å². The highest BCUT2D eigenvalue weighted by atomic mass is 32.1. The van der Waals surface area contributed by atoms with Crippen LogP contribution in [0.2, 0.25) is 0 Å². The third kappa shape index (κ3) is 2.42. The lowest BCUT2D eigenvalue weighted by Crippen LogP contribution is -2.32. The lowest BCUT2D eigenvalue weighted by atomic mass is 10.1. The average Bonchev–Trinajstić information content (AvgIpc) is 3.27. The quantitative estimate of drug-likeness (QED) is 0.913. The molecule has 0 spiro atoms. The van der Waals surface area contributed by atoms with E-state index in [0.717, 1.165) is 49.3 Å². The van der Waals surface area contributed by atoms with Gasteiger partial charge in [-0.15, -0.1) is 16.4 Å². The van der Waals surface area contributed by atoms with E-state index < -0.39 is 0 Å². The minimum atomic E-state index is -0.0413. The molecular weight excluding hydrogens is 302 g/mol. The minimum Gasteiger partial charge on any atom is -0.376 e. The van der Waals surface area contributed by atoms with Gasteiger partial charge in [-0.05, 0) is 48.1 Å². The molecule has 8 heteroatoms. The second-order valence-corrected chi connectivity index (χ2v) is 6.72. The zero-order chi connectivity index (χ0) is 14.9. The van der Waals surface area contributed by atoms with Crippen molar-refractivity contribution in [2.24, 2.45) is 0 Å². The SMILES string of the molecule is O=C(NC[C@H]1CCCO1)c1c(-n2cnnn2)sc2c1CCC2. The molecule has 0 unspecified atom stereocenters. The lowest BCUT2D eigenvalue weighted by Gasteiger charge is -2.12. The molecule has 1 aliphatic heterocycles. The fourth-order valence-corrected chi connectivity index (χ4v) is 4.44. The van der Waals surface area contributed by atoms with Gasteiger partial charge in [0, 0.05) is 18.0 Å². The number of aromatic nitrogens is 4. The topological polar surface area (TPSA) is 81.9 Å². The van der Waals surface area contributed by atoms with Crippen molar-refractivity contribution in [3.8, 4) is 5.00 Å². The second kappa shape index (κ2) is 5.77. The van der Waals surface area contributed by atoms with Crippen molar-refractivity contribution < 1.29 is 9.53 Å². The van der Waals surface area contributed by atoms with Gasteiger partial charge >= 0.3 is 0 Å². The Bertz CT molecular complexity index is 676. The number of nitrogens with one attached hydrogen (secondary N) is 1. The molecule has 1 saturated heterocycles. The summed E-state index contributed by atoms with van der Waals surface area (Å²) in [6, 6.07) is 0. The van der Waals surface area contributed by atoms with Gasteiger partial charge in [0.15, 0.2) is 0 Å². The second-order valence-electron chi connectivity index (χ2n) is 5.64. The van der Waals surface area contributed by atoms with Crippen LogP contribution in [0.4, 0.5) is 0 Å². The molecule has 22 heavy (non-hydrogen) atoms. The van der Waals surface area contributed by atoms with Gasteiger partial charge in [0.25, 0.3) is 5.91 Å². The van der Waals surface area contributed by atoms with Crippen molar-refractivity contribution >= 4 is 17.2 Å². The number of tetrazole rings is 1. The van der Waals surface area contributed by atoms with Crippen LogP contribution in [-0.2, 0) is 17.6 Å². The normalized spacial score (nSPS) is 20.3. The molecule has 0 saturated carbocycles. The van der Waals surface area contributed by atoms with E-state index in [0.29, 0.717) is 6.54 Å². The molecule has 0 bridgehead atoms. The summed E-state index contributed by atoms with van der Waals surface area (Å²) in [4.78, 5) is 14.0. The summed E-state index contributed by atoms with van der Waals surface area (Å²) in [5.41, 5.74) is 1.91. The Kier molecular flexibility index (Phi) is 3.63. The number of ether oxygens (including phenoxy) is 1. The van der Waals surface area contributed by atoms with E-state index in [1.807, 2.05) is 0 Å². The average molecular weight is 319 g/mol. The van der Waals surface area contributed by atoms with Gasteiger partial charge in [-0.2, -0.15) is 4.68 Å². The van der Waals surface area contributed by atoms with Crippen molar-refractivity contribution in [2.45, 2.75) is 38.2 Å². The maximum atomic E-state index is 12.7. The Morgan fingerprint density at radius 3 is 3.18 bits per heavy atom. The summed E-state index contributed by atoms with van der Waals surface area (Å²) >= 11 is 1.62. The van der Waals surface area contributed by atoms with E-state index in [9.17, 15) is 4.79 Å². The van der Waals surface area contributed by atoms with E-state index in [1.165, 1.54) is 16.8 Å². The van der Waals surface area contributed by atoms with Gasteiger partial charge in [-0.3, -0.25) is 4.79 Å². The molecule has 1 aliphatic carbocycles. The maximum absolute atomic E-state index is 12.7. The number of fused-ring (bicyclic) bond motifs is 1. The first-order chi connectivity index (χ1) is 10.8. The van der Waals surface area contributed by atoms with Gasteiger partial charge in [-0.1, -0.05) is 0 Å². The number of nitrogens with zero attached hydrogens (tertiary/aromatic N) is 4. The van der Waals surface area contributed by atoms with Crippen LogP contribution in [0.5, 0.6) is 0 Å². The van der Waals surface area contributed by atoms with Crippen LogP contribution in [0.25, 0.3) is 5.00 Å². The standard InChI is InChI=1S/C14H17N5O2S/c20-13(15-7-9-3-2-6-21-9)12-10-4-1-5-11(10)22-14(12)19-8-16-17-18-19/h8-9H,1-7H2,(H,15,20)/t9-/m1/s1. The lowest BCUT2D eigenvalue weighted by molar-refractivity contribution is 0.0857. The Labute approximate surface area is 131 Å². The highest BCUT2D eigenvalue weighted by Gasteiger charge is 2.28. The molecular formula is C14H17N5O2S. The van der Waals surface area contributed by atoms with E-state index in [4.69, 9.17) is 4.74 Å². The molecule has 3 heterocycles. The molecule has 1 amide bonds. The number of rotatable bonds is 4. The van der Waals surface area contributed by atoms with Gasteiger partial charge < -0.3 is 10.1 Å². The fraction of sp³-hybridized carbons (Fsp3) is 0.571. The molecule has 7 nitrogen and oxygen atoms in total. The van der Waals surface area contributed by atoms with E-state index >= 15 is 0 Å². The van der Waals surface area contributed by atoms with E-state index in [2.05, 4.69) is 20.8 Å². The summed E-state index contributed by atoms with van der Waals surface area (Å²) in [7, 11) is 0. The zero-order valence-electron chi connectivity index (χ0n) is 12.1. The Morgan fingerprint density at radius 1 is 1.45 bits per heavy atom. The summed E-state index contributed by atoms with van der Waals surface area (Å²) in [5.74, 6) is -0.0413. The number of hydrogen-bond acceptors (Lipinski definition) is 6. The molecule has 2 aromatic heterocycles. The summed E-state index contributed by atoms with van der Waals surface area (Å²) < 4.78 is 7.15. The number of carbonyl (C=O) groups excluding carboxylic acids is 1. The first kappa shape index (κ1) is 13.8. The molecule has 1 atom stereocenters. The van der Waals surface area contributed by atoms with Crippen LogP contribution in [0.15, 0.2) is 6.33 Å². The summed E-state index contributed by atoms with van der Waals surface area (Å²) in [6.07, 6.45) is 6.88. The zero-order valence-corrected chi connectivity index (χ0v) is 12.9.